The summed E-state index contributed by atoms with van der Waals surface area (Å²) in [6.07, 6.45) is 2.63. The minimum atomic E-state index is -0.897. The first-order valence-corrected chi connectivity index (χ1v) is 13.0. The number of aliphatic carboxylic acids is 1. The molecular formula is C32H24F2N2O5. The van der Waals surface area contributed by atoms with Crippen molar-refractivity contribution in [3.63, 3.8) is 0 Å². The number of nitrogens with zero attached hydrogens (tertiary/aromatic N) is 1. The molecule has 1 unspecified atom stereocenters. The van der Waals surface area contributed by atoms with E-state index >= 15 is 8.78 Å². The first-order chi connectivity index (χ1) is 19.8. The van der Waals surface area contributed by atoms with Crippen molar-refractivity contribution in [3.05, 3.63) is 108 Å². The van der Waals surface area contributed by atoms with Crippen LogP contribution in [0.25, 0.3) is 33.4 Å². The molecule has 1 atom stereocenters. The van der Waals surface area contributed by atoms with Crippen molar-refractivity contribution in [1.82, 2.24) is 4.98 Å². The van der Waals surface area contributed by atoms with Gasteiger partial charge in [0.15, 0.2) is 11.3 Å². The van der Waals surface area contributed by atoms with Crippen LogP contribution in [0.5, 0.6) is 0 Å². The first-order valence-electron chi connectivity index (χ1n) is 13.0. The molecule has 0 aliphatic heterocycles. The van der Waals surface area contributed by atoms with Crippen molar-refractivity contribution in [3.8, 4) is 22.5 Å². The van der Waals surface area contributed by atoms with Gasteiger partial charge < -0.3 is 14.3 Å². The Kier molecular flexibility index (Phi) is 6.49. The van der Waals surface area contributed by atoms with Crippen molar-refractivity contribution in [2.75, 3.05) is 5.32 Å². The van der Waals surface area contributed by atoms with Crippen molar-refractivity contribution >= 4 is 28.7 Å². The van der Waals surface area contributed by atoms with Crippen LogP contribution in [0.2, 0.25) is 0 Å². The smallest absolute Gasteiger partial charge is 0.412 e. The molecule has 1 aliphatic carbocycles. The lowest BCUT2D eigenvalue weighted by Gasteiger charge is -2.15. The lowest BCUT2D eigenvalue weighted by molar-refractivity contribution is -0.140. The number of benzene rings is 3. The third-order valence-electron chi connectivity index (χ3n) is 7.48. The maximum atomic E-state index is 15.6. The maximum absolute atomic E-state index is 15.6. The number of aromatic nitrogens is 1. The van der Waals surface area contributed by atoms with Gasteiger partial charge in [0, 0.05) is 17.1 Å². The number of anilines is 1. The van der Waals surface area contributed by atoms with Crippen LogP contribution in [0.3, 0.4) is 0 Å². The SMILES string of the molecule is CC(OC(=O)Nc1c(-c2cc(F)c(-c3ccc(C4(C(=O)O)CC4)cc3)cc2F)oc2cnccc12)c1ccccc1. The molecule has 0 radical (unpaired) electrons. The number of fused-ring (bicyclic) bond motifs is 1. The van der Waals surface area contributed by atoms with Crippen LogP contribution in [-0.2, 0) is 14.9 Å². The predicted molar refractivity (Wildman–Crippen MR) is 148 cm³/mol. The molecule has 0 bridgehead atoms. The van der Waals surface area contributed by atoms with Gasteiger partial charge in [-0.15, -0.1) is 0 Å². The van der Waals surface area contributed by atoms with Gasteiger partial charge >= 0.3 is 12.1 Å². The predicted octanol–water partition coefficient (Wildman–Crippen LogP) is 7.87. The zero-order chi connectivity index (χ0) is 28.7. The Morgan fingerprint density at radius 3 is 2.37 bits per heavy atom. The Balaban J connectivity index is 1.32. The standard InChI is InChI=1S/C32H24F2N2O5/c1-18(19-5-3-2-4-6-19)40-31(39)36-28-22-11-14-35-17-27(22)41-29(28)24-16-25(33)23(15-26(24)34)20-7-9-21(10-8-20)32(12-13-32)30(37)38/h2-11,14-18H,12-13H2,1H3,(H,36,39)(H,37,38). The number of amides is 1. The number of carbonyl (C=O) groups is 2. The summed E-state index contributed by atoms with van der Waals surface area (Å²) in [5, 5.41) is 12.6. The summed E-state index contributed by atoms with van der Waals surface area (Å²) >= 11 is 0. The summed E-state index contributed by atoms with van der Waals surface area (Å²) in [6, 6.07) is 19.2. The third-order valence-corrected chi connectivity index (χ3v) is 7.48. The molecule has 6 rings (SSSR count). The van der Waals surface area contributed by atoms with Crippen LogP contribution in [0.1, 0.15) is 37.0 Å². The fraction of sp³-hybridized carbons (Fsp3) is 0.156. The zero-order valence-corrected chi connectivity index (χ0v) is 21.9. The highest BCUT2D eigenvalue weighted by atomic mass is 19.1. The van der Waals surface area contributed by atoms with Gasteiger partial charge in [0.1, 0.15) is 17.7 Å². The van der Waals surface area contributed by atoms with Gasteiger partial charge in [-0.2, -0.15) is 0 Å². The maximum Gasteiger partial charge on any atom is 0.412 e. The van der Waals surface area contributed by atoms with E-state index in [1.165, 1.54) is 12.4 Å². The van der Waals surface area contributed by atoms with Gasteiger partial charge in [-0.05, 0) is 54.7 Å². The van der Waals surface area contributed by atoms with Crippen LogP contribution >= 0.6 is 0 Å². The van der Waals surface area contributed by atoms with Gasteiger partial charge in [0.25, 0.3) is 0 Å². The number of carboxylic acids is 1. The average Bonchev–Trinajstić information content (AvgIpc) is 3.72. The first kappa shape index (κ1) is 26.2. The molecular weight excluding hydrogens is 530 g/mol. The monoisotopic (exact) mass is 554 g/mol. The van der Waals surface area contributed by atoms with Crippen molar-refractivity contribution < 1.29 is 32.6 Å². The number of pyridine rings is 1. The Labute approximate surface area is 233 Å². The van der Waals surface area contributed by atoms with Crippen molar-refractivity contribution in [2.24, 2.45) is 0 Å². The number of rotatable bonds is 7. The lowest BCUT2D eigenvalue weighted by Crippen LogP contribution is -2.19. The summed E-state index contributed by atoms with van der Waals surface area (Å²) in [7, 11) is 0. The number of ether oxygens (including phenoxy) is 1. The molecule has 3 aromatic carbocycles. The molecule has 7 nitrogen and oxygen atoms in total. The molecule has 1 saturated carbocycles. The van der Waals surface area contributed by atoms with Gasteiger partial charge in [-0.25, -0.2) is 13.6 Å². The summed E-state index contributed by atoms with van der Waals surface area (Å²) in [5.74, 6) is -2.49. The highest BCUT2D eigenvalue weighted by Gasteiger charge is 2.51. The van der Waals surface area contributed by atoms with E-state index in [0.29, 0.717) is 29.4 Å². The van der Waals surface area contributed by atoms with Gasteiger partial charge in [0.05, 0.1) is 22.9 Å². The van der Waals surface area contributed by atoms with Gasteiger partial charge in [-0.3, -0.25) is 15.1 Å². The number of nitrogens with one attached hydrogen (secondary N) is 1. The second-order valence-corrected chi connectivity index (χ2v) is 10.0. The molecule has 1 fully saturated rings. The molecule has 41 heavy (non-hydrogen) atoms. The molecule has 0 spiro atoms. The summed E-state index contributed by atoms with van der Waals surface area (Å²) < 4.78 is 42.4. The molecule has 2 aromatic heterocycles. The summed E-state index contributed by atoms with van der Waals surface area (Å²) in [6.45, 7) is 1.72. The molecule has 0 saturated heterocycles. The fourth-order valence-corrected chi connectivity index (χ4v) is 5.01. The van der Waals surface area contributed by atoms with Crippen molar-refractivity contribution in [2.45, 2.75) is 31.3 Å². The number of furan rings is 1. The van der Waals surface area contributed by atoms with Gasteiger partial charge in [0.2, 0.25) is 0 Å². The molecule has 2 heterocycles. The molecule has 9 heteroatoms. The van der Waals surface area contributed by atoms with E-state index in [1.54, 1.807) is 37.3 Å². The minimum Gasteiger partial charge on any atom is -0.481 e. The Morgan fingerprint density at radius 1 is 1.00 bits per heavy atom. The van der Waals surface area contributed by atoms with Crippen LogP contribution in [0.4, 0.5) is 19.3 Å². The number of hydrogen-bond donors (Lipinski definition) is 2. The third kappa shape index (κ3) is 4.80. The highest BCUT2D eigenvalue weighted by Crippen LogP contribution is 2.49. The second-order valence-electron chi connectivity index (χ2n) is 10.0. The molecule has 206 valence electrons. The van der Waals surface area contributed by atoms with Crippen LogP contribution in [0, 0.1) is 11.6 Å². The quantitative estimate of drug-likeness (QED) is 0.212. The van der Waals surface area contributed by atoms with E-state index in [4.69, 9.17) is 9.15 Å². The largest absolute Gasteiger partial charge is 0.481 e. The number of carbonyl (C=O) groups excluding carboxylic acids is 1. The van der Waals surface area contributed by atoms with Crippen LogP contribution in [0.15, 0.2) is 89.6 Å². The van der Waals surface area contributed by atoms with E-state index in [-0.39, 0.29) is 28.2 Å². The Morgan fingerprint density at radius 2 is 1.68 bits per heavy atom. The fourth-order valence-electron chi connectivity index (χ4n) is 5.01. The number of halogens is 2. The summed E-state index contributed by atoms with van der Waals surface area (Å²) in [5.41, 5.74) is 1.10. The number of hydrogen-bond acceptors (Lipinski definition) is 5. The highest BCUT2D eigenvalue weighted by molar-refractivity contribution is 6.04. The van der Waals surface area contributed by atoms with E-state index < -0.39 is 35.2 Å². The molecule has 1 aliphatic rings. The topological polar surface area (TPSA) is 102 Å². The average molecular weight is 555 g/mol. The molecule has 1 amide bonds. The lowest BCUT2D eigenvalue weighted by atomic mass is 9.93. The molecule has 2 N–H and O–H groups in total. The Hall–Kier alpha value is -5.05. The van der Waals surface area contributed by atoms with E-state index in [2.05, 4.69) is 10.3 Å². The van der Waals surface area contributed by atoms with Crippen molar-refractivity contribution in [1.29, 1.82) is 0 Å². The second kappa shape index (κ2) is 10.2. The van der Waals surface area contributed by atoms with Crippen LogP contribution in [-0.4, -0.2) is 22.2 Å². The van der Waals surface area contributed by atoms with E-state index in [9.17, 15) is 14.7 Å². The van der Waals surface area contributed by atoms with Crippen LogP contribution < -0.4 is 5.32 Å². The Bertz CT molecular complexity index is 1780. The van der Waals surface area contributed by atoms with E-state index in [0.717, 1.165) is 17.7 Å². The van der Waals surface area contributed by atoms with Gasteiger partial charge in [-0.1, -0.05) is 54.6 Å². The minimum absolute atomic E-state index is 0.00125. The number of carboxylic acid groups (broad SMARTS) is 1. The zero-order valence-electron chi connectivity index (χ0n) is 21.9. The molecule has 5 aromatic rings. The normalized spacial score (nSPS) is 14.4. The summed E-state index contributed by atoms with van der Waals surface area (Å²) in [4.78, 5) is 28.5. The van der Waals surface area contributed by atoms with E-state index in [1.807, 2.05) is 30.3 Å².